The van der Waals surface area contributed by atoms with Crippen LogP contribution in [0, 0.1) is 5.92 Å². The van der Waals surface area contributed by atoms with Crippen molar-refractivity contribution in [3.05, 3.63) is 18.2 Å². The summed E-state index contributed by atoms with van der Waals surface area (Å²) in [6.45, 7) is 5.67. The third-order valence-electron chi connectivity index (χ3n) is 5.69. The van der Waals surface area contributed by atoms with E-state index in [2.05, 4.69) is 33.3 Å². The molecule has 0 aliphatic carbocycles. The molecule has 4 rings (SSSR count). The fourth-order valence-electron chi connectivity index (χ4n) is 4.27. The molecule has 1 unspecified atom stereocenters. The van der Waals surface area contributed by atoms with Crippen molar-refractivity contribution in [1.82, 2.24) is 0 Å². The van der Waals surface area contributed by atoms with Gasteiger partial charge in [0.25, 0.3) is 0 Å². The lowest BCUT2D eigenvalue weighted by molar-refractivity contribution is -0.123. The van der Waals surface area contributed by atoms with Crippen molar-refractivity contribution in [2.45, 2.75) is 38.5 Å². The molecule has 3 fully saturated rings. The van der Waals surface area contributed by atoms with Gasteiger partial charge < -0.3 is 19.9 Å². The topological polar surface area (TPSA) is 44.8 Å². The van der Waals surface area contributed by atoms with Crippen molar-refractivity contribution in [2.75, 3.05) is 54.5 Å². The lowest BCUT2D eigenvalue weighted by Gasteiger charge is -2.29. The van der Waals surface area contributed by atoms with Gasteiger partial charge in [0.1, 0.15) is 0 Å². The summed E-state index contributed by atoms with van der Waals surface area (Å²) in [7, 11) is 0. The molecule has 3 aliphatic rings. The van der Waals surface area contributed by atoms with Gasteiger partial charge in [0, 0.05) is 32.8 Å². The van der Waals surface area contributed by atoms with Gasteiger partial charge in [0.15, 0.2) is 0 Å². The van der Waals surface area contributed by atoms with Crippen LogP contribution < -0.4 is 15.1 Å². The fourth-order valence-corrected chi connectivity index (χ4v) is 4.27. The number of amides is 1. The lowest BCUT2D eigenvalue weighted by atomic mass is 10.0. The van der Waals surface area contributed by atoms with Crippen molar-refractivity contribution in [3.8, 4) is 0 Å². The molecular formula is C20H29N3O2. The van der Waals surface area contributed by atoms with Crippen LogP contribution in [0.5, 0.6) is 0 Å². The van der Waals surface area contributed by atoms with Crippen LogP contribution in [0.15, 0.2) is 18.2 Å². The minimum absolute atomic E-state index is 0.0215. The highest BCUT2D eigenvalue weighted by Gasteiger charge is 2.27. The number of carbonyl (C=O) groups excluding carboxylic acids is 1. The van der Waals surface area contributed by atoms with Gasteiger partial charge in [0.05, 0.1) is 29.6 Å². The summed E-state index contributed by atoms with van der Waals surface area (Å²) in [5.41, 5.74) is 3.39. The van der Waals surface area contributed by atoms with E-state index in [0.717, 1.165) is 51.3 Å². The minimum atomic E-state index is -0.0215. The first kappa shape index (κ1) is 16.7. The van der Waals surface area contributed by atoms with E-state index in [1.807, 2.05) is 0 Å². The average molecular weight is 343 g/mol. The predicted molar refractivity (Wildman–Crippen MR) is 102 cm³/mol. The molecule has 136 valence electrons. The molecule has 0 bridgehead atoms. The number of nitrogens with zero attached hydrogens (tertiary/aromatic N) is 2. The van der Waals surface area contributed by atoms with Crippen molar-refractivity contribution in [2.24, 2.45) is 5.92 Å². The first-order chi connectivity index (χ1) is 12.3. The van der Waals surface area contributed by atoms with Crippen molar-refractivity contribution in [3.63, 3.8) is 0 Å². The number of rotatable bonds is 4. The Balaban J connectivity index is 1.62. The minimum Gasteiger partial charge on any atom is -0.381 e. The Kier molecular flexibility index (Phi) is 5.11. The predicted octanol–water partition coefficient (Wildman–Crippen LogP) is 3.25. The second kappa shape index (κ2) is 7.65. The lowest BCUT2D eigenvalue weighted by Crippen LogP contribution is -2.32. The molecule has 1 N–H and O–H groups in total. The van der Waals surface area contributed by atoms with Crippen molar-refractivity contribution >= 4 is 23.0 Å². The summed E-state index contributed by atoms with van der Waals surface area (Å²) in [4.78, 5) is 17.7. The van der Waals surface area contributed by atoms with Crippen molar-refractivity contribution in [1.29, 1.82) is 0 Å². The van der Waals surface area contributed by atoms with E-state index in [4.69, 9.17) is 4.74 Å². The summed E-state index contributed by atoms with van der Waals surface area (Å²) in [5, 5.41) is 3.30. The summed E-state index contributed by atoms with van der Waals surface area (Å²) in [5.74, 6) is 0.0959. The van der Waals surface area contributed by atoms with Crippen LogP contribution in [0.2, 0.25) is 0 Å². The zero-order chi connectivity index (χ0) is 17.1. The van der Waals surface area contributed by atoms with Crippen LogP contribution in [0.25, 0.3) is 0 Å². The van der Waals surface area contributed by atoms with Gasteiger partial charge in [-0.2, -0.15) is 0 Å². The Morgan fingerprint density at radius 1 is 0.960 bits per heavy atom. The monoisotopic (exact) mass is 343 g/mol. The Hall–Kier alpha value is -1.75. The first-order valence-electron chi connectivity index (χ1n) is 9.84. The molecule has 1 aromatic carbocycles. The number of nitrogens with one attached hydrogen (secondary N) is 1. The van der Waals surface area contributed by atoms with Crippen LogP contribution in [-0.4, -0.2) is 45.3 Å². The number of para-hydroxylation sites is 1. The molecule has 3 heterocycles. The fraction of sp³-hybridized carbons (Fsp3) is 0.650. The van der Waals surface area contributed by atoms with Crippen LogP contribution in [0.4, 0.5) is 17.1 Å². The van der Waals surface area contributed by atoms with Gasteiger partial charge in [0.2, 0.25) is 5.91 Å². The smallest absolute Gasteiger partial charge is 0.229 e. The van der Waals surface area contributed by atoms with Crippen LogP contribution in [-0.2, 0) is 9.53 Å². The van der Waals surface area contributed by atoms with Gasteiger partial charge in [-0.05, 0) is 50.7 Å². The molecule has 1 amide bonds. The summed E-state index contributed by atoms with van der Waals surface area (Å²) < 4.78 is 5.52. The number of ether oxygens (including phenoxy) is 1. The third-order valence-corrected chi connectivity index (χ3v) is 5.69. The van der Waals surface area contributed by atoms with Gasteiger partial charge in [-0.15, -0.1) is 0 Å². The number of hydrogen-bond acceptors (Lipinski definition) is 4. The molecule has 1 atom stereocenters. The van der Waals surface area contributed by atoms with Gasteiger partial charge in [-0.3, -0.25) is 4.79 Å². The van der Waals surface area contributed by atoms with E-state index >= 15 is 0 Å². The zero-order valence-corrected chi connectivity index (χ0v) is 15.0. The third kappa shape index (κ3) is 3.61. The molecule has 0 saturated carbocycles. The SMILES string of the molecule is O=C(Nc1c(N2CCCC2)cccc1N1CCCC1)C1CCCOC1. The molecule has 3 saturated heterocycles. The zero-order valence-electron chi connectivity index (χ0n) is 15.0. The van der Waals surface area contributed by atoms with Crippen LogP contribution >= 0.6 is 0 Å². The second-order valence-corrected chi connectivity index (χ2v) is 7.46. The average Bonchev–Trinajstić information content (AvgIpc) is 3.36. The Morgan fingerprint density at radius 3 is 2.08 bits per heavy atom. The maximum Gasteiger partial charge on any atom is 0.229 e. The van der Waals surface area contributed by atoms with E-state index in [0.29, 0.717) is 6.61 Å². The highest BCUT2D eigenvalue weighted by molar-refractivity contribution is 6.00. The van der Waals surface area contributed by atoms with Gasteiger partial charge in [-0.25, -0.2) is 0 Å². The summed E-state index contributed by atoms with van der Waals surface area (Å²) in [6, 6.07) is 6.47. The highest BCUT2D eigenvalue weighted by Crippen LogP contribution is 2.39. The number of anilines is 3. The molecule has 25 heavy (non-hydrogen) atoms. The van der Waals surface area contributed by atoms with Crippen LogP contribution in [0.1, 0.15) is 38.5 Å². The highest BCUT2D eigenvalue weighted by atomic mass is 16.5. The number of benzene rings is 1. The standard InChI is InChI=1S/C20H29N3O2/c24-20(16-7-6-14-25-15-16)21-19-17(22-10-1-2-11-22)8-5-9-18(19)23-12-3-4-13-23/h5,8-9,16H,1-4,6-7,10-15H2,(H,21,24). The largest absolute Gasteiger partial charge is 0.381 e. The van der Waals surface area contributed by atoms with E-state index in [1.165, 1.54) is 37.1 Å². The van der Waals surface area contributed by atoms with Crippen LogP contribution in [0.3, 0.4) is 0 Å². The maximum absolute atomic E-state index is 12.9. The molecule has 3 aliphatic heterocycles. The number of carbonyl (C=O) groups is 1. The molecule has 1 aromatic rings. The molecule has 0 spiro atoms. The van der Waals surface area contributed by atoms with E-state index < -0.39 is 0 Å². The van der Waals surface area contributed by atoms with E-state index in [-0.39, 0.29) is 11.8 Å². The molecule has 5 nitrogen and oxygen atoms in total. The molecule has 5 heteroatoms. The molecule has 0 aromatic heterocycles. The molecular weight excluding hydrogens is 314 g/mol. The van der Waals surface area contributed by atoms with Crippen molar-refractivity contribution < 1.29 is 9.53 Å². The Morgan fingerprint density at radius 2 is 1.56 bits per heavy atom. The second-order valence-electron chi connectivity index (χ2n) is 7.46. The van der Waals surface area contributed by atoms with Gasteiger partial charge in [-0.1, -0.05) is 6.07 Å². The first-order valence-corrected chi connectivity index (χ1v) is 9.84. The van der Waals surface area contributed by atoms with E-state index in [1.54, 1.807) is 0 Å². The number of hydrogen-bond donors (Lipinski definition) is 1. The quantitative estimate of drug-likeness (QED) is 0.911. The van der Waals surface area contributed by atoms with Gasteiger partial charge >= 0.3 is 0 Å². The Labute approximate surface area is 150 Å². The maximum atomic E-state index is 12.9. The Bertz CT molecular complexity index is 567. The normalized spacial score (nSPS) is 23.9. The van der Waals surface area contributed by atoms with E-state index in [9.17, 15) is 4.79 Å². The summed E-state index contributed by atoms with van der Waals surface area (Å²) in [6.07, 6.45) is 6.84. The summed E-state index contributed by atoms with van der Waals surface area (Å²) >= 11 is 0. The molecule has 0 radical (unpaired) electrons.